The summed E-state index contributed by atoms with van der Waals surface area (Å²) >= 11 is 0. The quantitative estimate of drug-likeness (QED) is 0.376. The van der Waals surface area contributed by atoms with Crippen LogP contribution in [0, 0.1) is 18.2 Å². The smallest absolute Gasteiger partial charge is 0.267 e. The topological polar surface area (TPSA) is 118 Å². The lowest BCUT2D eigenvalue weighted by Crippen LogP contribution is -2.31. The van der Waals surface area contributed by atoms with E-state index in [4.69, 9.17) is 5.41 Å². The number of hydrogen-bond acceptors (Lipinski definition) is 6. The number of aromatic nitrogens is 3. The molecule has 3 heterocycles. The van der Waals surface area contributed by atoms with Crippen LogP contribution in [0.15, 0.2) is 63.2 Å². The molecule has 0 aliphatic carbocycles. The van der Waals surface area contributed by atoms with E-state index >= 15 is 0 Å². The summed E-state index contributed by atoms with van der Waals surface area (Å²) in [4.78, 5) is 16.9. The Labute approximate surface area is 169 Å². The number of aryl methyl sites for hydroxylation is 1. The third-order valence-electron chi connectivity index (χ3n) is 4.84. The zero-order chi connectivity index (χ0) is 21.6. The number of nitrogens with zero attached hydrogens (tertiary/aromatic N) is 3. The third kappa shape index (κ3) is 3.01. The molecule has 10 heteroatoms. The van der Waals surface area contributed by atoms with E-state index in [1.54, 1.807) is 19.1 Å². The van der Waals surface area contributed by atoms with Crippen LogP contribution in [0.25, 0.3) is 16.7 Å². The van der Waals surface area contributed by atoms with Crippen molar-refractivity contribution < 1.29 is 17.9 Å². The van der Waals surface area contributed by atoms with Gasteiger partial charge in [-0.15, -0.1) is 0 Å². The molecule has 2 N–H and O–H groups in total. The molecular formula is C20H17FN4O4S. The molecule has 8 nitrogen and oxygen atoms in total. The van der Waals surface area contributed by atoms with E-state index in [0.717, 1.165) is 35.9 Å². The number of fused-ring (bicyclic) bond motifs is 2. The van der Waals surface area contributed by atoms with Gasteiger partial charge in [-0.2, -0.15) is 0 Å². The highest BCUT2D eigenvalue weighted by atomic mass is 32.2. The summed E-state index contributed by atoms with van der Waals surface area (Å²) in [5.41, 5.74) is 0.273. The summed E-state index contributed by atoms with van der Waals surface area (Å²) in [6.07, 6.45) is 1.52. The summed E-state index contributed by atoms with van der Waals surface area (Å²) in [6, 6.07) is 8.78. The molecular weight excluding hydrogens is 411 g/mol. The van der Waals surface area contributed by atoms with Gasteiger partial charge in [0.15, 0.2) is 0 Å². The van der Waals surface area contributed by atoms with E-state index in [2.05, 4.69) is 4.98 Å². The number of aliphatic hydroxyl groups is 1. The first kappa shape index (κ1) is 19.9. The van der Waals surface area contributed by atoms with Gasteiger partial charge in [0.2, 0.25) is 9.84 Å². The number of pyridine rings is 2. The van der Waals surface area contributed by atoms with Gasteiger partial charge >= 0.3 is 0 Å². The zero-order valence-electron chi connectivity index (χ0n) is 15.8. The number of halogens is 1. The lowest BCUT2D eigenvalue weighted by atomic mass is 10.2. The van der Waals surface area contributed by atoms with Gasteiger partial charge in [-0.05, 0) is 48.9 Å². The van der Waals surface area contributed by atoms with Crippen LogP contribution in [0.4, 0.5) is 4.39 Å². The first-order chi connectivity index (χ1) is 14.3. The predicted molar refractivity (Wildman–Crippen MR) is 106 cm³/mol. The third-order valence-corrected chi connectivity index (χ3v) is 6.62. The normalized spacial score (nSPS) is 12.0. The summed E-state index contributed by atoms with van der Waals surface area (Å²) in [5.74, 6) is -0.599. The van der Waals surface area contributed by atoms with E-state index in [-0.39, 0.29) is 29.1 Å². The molecule has 0 atom stereocenters. The number of rotatable bonds is 4. The molecule has 0 aliphatic rings. The number of hydrogen-bond donors (Lipinski definition) is 2. The van der Waals surface area contributed by atoms with Crippen molar-refractivity contribution in [2.75, 3.05) is 6.61 Å². The van der Waals surface area contributed by atoms with Crippen molar-refractivity contribution in [2.45, 2.75) is 23.3 Å². The van der Waals surface area contributed by atoms with Crippen molar-refractivity contribution in [1.82, 2.24) is 14.0 Å². The average Bonchev–Trinajstić information content (AvgIpc) is 2.71. The maximum Gasteiger partial charge on any atom is 0.267 e. The van der Waals surface area contributed by atoms with Crippen LogP contribution in [0.5, 0.6) is 0 Å². The molecule has 0 bridgehead atoms. The first-order valence-electron chi connectivity index (χ1n) is 8.97. The number of aliphatic hydroxyl groups excluding tert-OH is 1. The second kappa shape index (κ2) is 7.15. The Bertz CT molecular complexity index is 1520. The van der Waals surface area contributed by atoms with Gasteiger partial charge in [0, 0.05) is 12.7 Å². The van der Waals surface area contributed by atoms with Crippen molar-refractivity contribution in [3.05, 3.63) is 75.9 Å². The molecule has 0 unspecified atom stereocenters. The number of nitrogens with one attached hydrogen (secondary N) is 1. The van der Waals surface area contributed by atoms with Gasteiger partial charge in [-0.25, -0.2) is 17.8 Å². The molecule has 1 aromatic carbocycles. The summed E-state index contributed by atoms with van der Waals surface area (Å²) in [5, 5.41) is 17.9. The van der Waals surface area contributed by atoms with E-state index in [9.17, 15) is 22.7 Å². The van der Waals surface area contributed by atoms with Gasteiger partial charge in [-0.1, -0.05) is 6.07 Å². The van der Waals surface area contributed by atoms with E-state index < -0.39 is 31.6 Å². The van der Waals surface area contributed by atoms with Crippen LogP contribution < -0.4 is 11.0 Å². The summed E-state index contributed by atoms with van der Waals surface area (Å²) in [7, 11) is -4.23. The molecule has 0 radical (unpaired) electrons. The molecule has 0 saturated heterocycles. The van der Waals surface area contributed by atoms with Crippen molar-refractivity contribution in [1.29, 1.82) is 5.41 Å². The van der Waals surface area contributed by atoms with Gasteiger partial charge in [0.05, 0.1) is 16.9 Å². The molecule has 154 valence electrons. The van der Waals surface area contributed by atoms with Gasteiger partial charge in [0.25, 0.3) is 5.56 Å². The van der Waals surface area contributed by atoms with Crippen LogP contribution in [0.2, 0.25) is 0 Å². The van der Waals surface area contributed by atoms with Gasteiger partial charge in [-0.3, -0.25) is 14.6 Å². The molecule has 0 fully saturated rings. The minimum Gasteiger partial charge on any atom is -0.395 e. The molecule has 0 spiro atoms. The molecule has 4 rings (SSSR count). The highest BCUT2D eigenvalue weighted by molar-refractivity contribution is 7.91. The van der Waals surface area contributed by atoms with Crippen LogP contribution in [0.3, 0.4) is 0 Å². The highest BCUT2D eigenvalue weighted by Gasteiger charge is 2.24. The first-order valence-corrected chi connectivity index (χ1v) is 10.5. The molecule has 0 amide bonds. The van der Waals surface area contributed by atoms with Gasteiger partial charge in [0.1, 0.15) is 27.5 Å². The summed E-state index contributed by atoms with van der Waals surface area (Å²) < 4.78 is 42.0. The molecule has 30 heavy (non-hydrogen) atoms. The number of benzene rings is 1. The Balaban J connectivity index is 2.15. The van der Waals surface area contributed by atoms with E-state index in [1.165, 1.54) is 15.2 Å². The summed E-state index contributed by atoms with van der Waals surface area (Å²) in [6.45, 7) is 1.26. The fourth-order valence-electron chi connectivity index (χ4n) is 3.33. The number of sulfone groups is 1. The van der Waals surface area contributed by atoms with Crippen molar-refractivity contribution in [3.63, 3.8) is 0 Å². The fourth-order valence-corrected chi connectivity index (χ4v) is 4.72. The van der Waals surface area contributed by atoms with Crippen molar-refractivity contribution in [2.24, 2.45) is 0 Å². The highest BCUT2D eigenvalue weighted by Crippen LogP contribution is 2.21. The molecule has 0 aliphatic heterocycles. The Morgan fingerprint density at radius 2 is 1.87 bits per heavy atom. The molecule has 4 aromatic rings. The van der Waals surface area contributed by atoms with Crippen LogP contribution >= 0.6 is 0 Å². The Kier molecular flexibility index (Phi) is 4.75. The largest absolute Gasteiger partial charge is 0.395 e. The monoisotopic (exact) mass is 428 g/mol. The molecule has 0 saturated carbocycles. The second-order valence-corrected chi connectivity index (χ2v) is 8.65. The Morgan fingerprint density at radius 3 is 2.53 bits per heavy atom. The maximum atomic E-state index is 13.2. The van der Waals surface area contributed by atoms with Gasteiger partial charge < -0.3 is 9.67 Å². The minimum atomic E-state index is -4.23. The van der Waals surface area contributed by atoms with E-state index in [0.29, 0.717) is 5.65 Å². The lowest BCUT2D eigenvalue weighted by Gasteiger charge is -2.14. The average molecular weight is 428 g/mol. The predicted octanol–water partition coefficient (Wildman–Crippen LogP) is 1.40. The lowest BCUT2D eigenvalue weighted by molar-refractivity contribution is 0.274. The molecule has 3 aromatic heterocycles. The second-order valence-electron chi connectivity index (χ2n) is 6.73. The van der Waals surface area contributed by atoms with Crippen molar-refractivity contribution >= 4 is 26.5 Å². The SMILES string of the molecule is Cc1cccn2c(=O)c3cc(S(=O)(=O)c4ccc(F)cc4)c(=N)n(CCO)c3nc12. The zero-order valence-corrected chi connectivity index (χ0v) is 16.6. The van der Waals surface area contributed by atoms with Crippen LogP contribution in [-0.2, 0) is 16.4 Å². The van der Waals surface area contributed by atoms with Crippen LogP contribution in [-0.4, -0.2) is 34.1 Å². The Hall–Kier alpha value is -3.37. The van der Waals surface area contributed by atoms with E-state index in [1.807, 2.05) is 0 Å². The fraction of sp³-hybridized carbons (Fsp3) is 0.150. The maximum absolute atomic E-state index is 13.2. The Morgan fingerprint density at radius 1 is 1.17 bits per heavy atom. The van der Waals surface area contributed by atoms with Crippen molar-refractivity contribution in [3.8, 4) is 0 Å². The minimum absolute atomic E-state index is 0.0109. The standard InChI is InChI=1S/C20H17FN4O4S/c1-12-3-2-8-25-18(12)23-19-15(20(25)27)11-16(17(22)24(19)9-10-26)30(28,29)14-6-4-13(21)5-7-14/h2-8,11,22,26H,9-10H2,1H3. The van der Waals surface area contributed by atoms with Crippen LogP contribution in [0.1, 0.15) is 5.56 Å².